The van der Waals surface area contributed by atoms with Gasteiger partial charge < -0.3 is 5.73 Å². The molecule has 2 N–H and O–H groups in total. The Kier molecular flexibility index (Phi) is 4.22. The fourth-order valence-corrected chi connectivity index (χ4v) is 3.08. The van der Waals surface area contributed by atoms with Crippen LogP contribution < -0.4 is 5.73 Å². The Morgan fingerprint density at radius 1 is 1.18 bits per heavy atom. The molecule has 1 aliphatic carbocycles. The molecular formula is C16H25N. The summed E-state index contributed by atoms with van der Waals surface area (Å²) in [6, 6.07) is 11.2. The molecule has 0 heterocycles. The van der Waals surface area contributed by atoms with Crippen molar-refractivity contribution in [3.8, 4) is 0 Å². The van der Waals surface area contributed by atoms with Crippen LogP contribution in [0.3, 0.4) is 0 Å². The van der Waals surface area contributed by atoms with Gasteiger partial charge in [-0.15, -0.1) is 0 Å². The summed E-state index contributed by atoms with van der Waals surface area (Å²) in [6.45, 7) is 4.70. The summed E-state index contributed by atoms with van der Waals surface area (Å²) in [5.41, 5.74) is 7.73. The van der Waals surface area contributed by atoms with Gasteiger partial charge in [-0.2, -0.15) is 0 Å². The number of hydrogen-bond acceptors (Lipinski definition) is 1. The highest BCUT2D eigenvalue weighted by molar-refractivity contribution is 5.15. The molecule has 94 valence electrons. The standard InChI is InChI=1S/C16H25N/c1-12(2)14-8-9-16(17)15(11-14)10-13-6-4-3-5-7-13/h3-7,12,14-16H,8-11,17H2,1-2H3/t14-,15-,16-/m1/s1. The predicted molar refractivity (Wildman–Crippen MR) is 73.8 cm³/mol. The zero-order valence-corrected chi connectivity index (χ0v) is 11.1. The summed E-state index contributed by atoms with van der Waals surface area (Å²) in [6.07, 6.45) is 5.00. The van der Waals surface area contributed by atoms with Crippen molar-refractivity contribution in [3.63, 3.8) is 0 Å². The lowest BCUT2D eigenvalue weighted by atomic mass is 9.72. The lowest BCUT2D eigenvalue weighted by Gasteiger charge is -2.36. The van der Waals surface area contributed by atoms with Crippen molar-refractivity contribution in [1.29, 1.82) is 0 Å². The summed E-state index contributed by atoms with van der Waals surface area (Å²) < 4.78 is 0. The molecule has 0 bridgehead atoms. The first-order chi connectivity index (χ1) is 8.16. The zero-order valence-electron chi connectivity index (χ0n) is 11.1. The van der Waals surface area contributed by atoms with E-state index in [4.69, 9.17) is 5.73 Å². The van der Waals surface area contributed by atoms with Crippen molar-refractivity contribution in [3.05, 3.63) is 35.9 Å². The van der Waals surface area contributed by atoms with E-state index >= 15 is 0 Å². The molecule has 1 fully saturated rings. The molecule has 1 heteroatoms. The van der Waals surface area contributed by atoms with E-state index in [0.29, 0.717) is 12.0 Å². The average molecular weight is 231 g/mol. The van der Waals surface area contributed by atoms with Crippen molar-refractivity contribution in [2.24, 2.45) is 23.5 Å². The van der Waals surface area contributed by atoms with Gasteiger partial charge >= 0.3 is 0 Å². The van der Waals surface area contributed by atoms with E-state index in [1.807, 2.05) is 0 Å². The van der Waals surface area contributed by atoms with Gasteiger partial charge in [-0.05, 0) is 49.0 Å². The van der Waals surface area contributed by atoms with Crippen LogP contribution in [0.4, 0.5) is 0 Å². The van der Waals surface area contributed by atoms with Crippen molar-refractivity contribution < 1.29 is 0 Å². The summed E-state index contributed by atoms with van der Waals surface area (Å²) >= 11 is 0. The quantitative estimate of drug-likeness (QED) is 0.844. The Bertz CT molecular complexity index is 331. The minimum absolute atomic E-state index is 0.408. The highest BCUT2D eigenvalue weighted by Gasteiger charge is 2.29. The minimum Gasteiger partial charge on any atom is -0.327 e. The number of benzene rings is 1. The number of hydrogen-bond donors (Lipinski definition) is 1. The molecule has 0 unspecified atom stereocenters. The molecular weight excluding hydrogens is 206 g/mol. The Morgan fingerprint density at radius 2 is 1.88 bits per heavy atom. The molecule has 2 rings (SSSR count). The maximum atomic E-state index is 6.29. The lowest BCUT2D eigenvalue weighted by molar-refractivity contribution is 0.189. The van der Waals surface area contributed by atoms with Crippen LogP contribution in [0.1, 0.15) is 38.7 Å². The molecule has 1 saturated carbocycles. The molecule has 0 amide bonds. The summed E-state index contributed by atoms with van der Waals surface area (Å²) in [7, 11) is 0. The zero-order chi connectivity index (χ0) is 12.3. The first-order valence-electron chi connectivity index (χ1n) is 6.96. The highest BCUT2D eigenvalue weighted by atomic mass is 14.7. The van der Waals surface area contributed by atoms with Gasteiger partial charge in [0, 0.05) is 6.04 Å². The Hall–Kier alpha value is -0.820. The van der Waals surface area contributed by atoms with E-state index < -0.39 is 0 Å². The summed E-state index contributed by atoms with van der Waals surface area (Å²) in [5.74, 6) is 2.36. The average Bonchev–Trinajstić information content (AvgIpc) is 2.33. The van der Waals surface area contributed by atoms with E-state index in [-0.39, 0.29) is 0 Å². The van der Waals surface area contributed by atoms with E-state index in [9.17, 15) is 0 Å². The van der Waals surface area contributed by atoms with Crippen LogP contribution >= 0.6 is 0 Å². The second-order valence-electron chi connectivity index (χ2n) is 5.93. The fourth-order valence-electron chi connectivity index (χ4n) is 3.08. The van der Waals surface area contributed by atoms with Gasteiger partial charge in [-0.25, -0.2) is 0 Å². The molecule has 0 aromatic heterocycles. The molecule has 1 aromatic carbocycles. The molecule has 1 aromatic rings. The Morgan fingerprint density at radius 3 is 2.53 bits per heavy atom. The van der Waals surface area contributed by atoms with E-state index in [0.717, 1.165) is 18.3 Å². The minimum atomic E-state index is 0.408. The van der Waals surface area contributed by atoms with Gasteiger partial charge in [0.25, 0.3) is 0 Å². The van der Waals surface area contributed by atoms with Crippen LogP contribution in [0.5, 0.6) is 0 Å². The highest BCUT2D eigenvalue weighted by Crippen LogP contribution is 2.34. The molecule has 17 heavy (non-hydrogen) atoms. The second kappa shape index (κ2) is 5.68. The van der Waals surface area contributed by atoms with Crippen molar-refractivity contribution in [2.45, 2.75) is 45.6 Å². The molecule has 1 nitrogen and oxygen atoms in total. The molecule has 1 aliphatic rings. The van der Waals surface area contributed by atoms with Gasteiger partial charge in [-0.1, -0.05) is 44.2 Å². The third kappa shape index (κ3) is 3.32. The third-order valence-corrected chi connectivity index (χ3v) is 4.37. The van der Waals surface area contributed by atoms with Crippen LogP contribution in [0.25, 0.3) is 0 Å². The van der Waals surface area contributed by atoms with Gasteiger partial charge in [0.15, 0.2) is 0 Å². The Labute approximate surface area is 105 Å². The normalized spacial score (nSPS) is 29.5. The molecule has 3 atom stereocenters. The van der Waals surface area contributed by atoms with Crippen LogP contribution in [0.2, 0.25) is 0 Å². The third-order valence-electron chi connectivity index (χ3n) is 4.37. The lowest BCUT2D eigenvalue weighted by Crippen LogP contribution is -2.38. The van der Waals surface area contributed by atoms with Gasteiger partial charge in [0.1, 0.15) is 0 Å². The first-order valence-corrected chi connectivity index (χ1v) is 6.96. The van der Waals surface area contributed by atoms with Gasteiger partial charge in [0.2, 0.25) is 0 Å². The van der Waals surface area contributed by atoms with E-state index in [2.05, 4.69) is 44.2 Å². The topological polar surface area (TPSA) is 26.0 Å². The number of nitrogens with two attached hydrogens (primary N) is 1. The molecule has 0 spiro atoms. The Balaban J connectivity index is 1.99. The van der Waals surface area contributed by atoms with E-state index in [1.54, 1.807) is 0 Å². The number of rotatable bonds is 3. The van der Waals surface area contributed by atoms with Crippen molar-refractivity contribution in [1.82, 2.24) is 0 Å². The maximum absolute atomic E-state index is 6.29. The molecule has 0 aliphatic heterocycles. The van der Waals surface area contributed by atoms with Crippen molar-refractivity contribution in [2.75, 3.05) is 0 Å². The first kappa shape index (κ1) is 12.6. The van der Waals surface area contributed by atoms with Crippen LogP contribution in [-0.4, -0.2) is 6.04 Å². The van der Waals surface area contributed by atoms with Crippen LogP contribution in [0, 0.1) is 17.8 Å². The monoisotopic (exact) mass is 231 g/mol. The predicted octanol–water partition coefficient (Wildman–Crippen LogP) is 3.63. The SMILES string of the molecule is CC(C)[C@@H]1CC[C@@H](N)[C@H](Cc2ccccc2)C1. The maximum Gasteiger partial charge on any atom is 0.00705 e. The van der Waals surface area contributed by atoms with Gasteiger partial charge in [0.05, 0.1) is 0 Å². The van der Waals surface area contributed by atoms with E-state index in [1.165, 1.54) is 24.8 Å². The van der Waals surface area contributed by atoms with Crippen molar-refractivity contribution >= 4 is 0 Å². The molecule has 0 radical (unpaired) electrons. The second-order valence-corrected chi connectivity index (χ2v) is 5.93. The summed E-state index contributed by atoms with van der Waals surface area (Å²) in [5, 5.41) is 0. The van der Waals surface area contributed by atoms with Crippen LogP contribution in [-0.2, 0) is 6.42 Å². The van der Waals surface area contributed by atoms with Gasteiger partial charge in [-0.3, -0.25) is 0 Å². The summed E-state index contributed by atoms with van der Waals surface area (Å²) in [4.78, 5) is 0. The largest absolute Gasteiger partial charge is 0.327 e. The fraction of sp³-hybridized carbons (Fsp3) is 0.625. The molecule has 0 saturated heterocycles. The van der Waals surface area contributed by atoms with Crippen LogP contribution in [0.15, 0.2) is 30.3 Å². The smallest absolute Gasteiger partial charge is 0.00705 e.